The van der Waals surface area contributed by atoms with Crippen molar-refractivity contribution < 1.29 is 0 Å². The quantitative estimate of drug-likeness (QED) is 0.677. The monoisotopic (exact) mass is 411 g/mol. The third kappa shape index (κ3) is 1.92. The molecule has 0 fully saturated rings. The topological polar surface area (TPSA) is 30.7 Å². The summed E-state index contributed by atoms with van der Waals surface area (Å²) in [6.45, 7) is 1.98. The van der Waals surface area contributed by atoms with Crippen molar-refractivity contribution in [2.24, 2.45) is 0 Å². The summed E-state index contributed by atoms with van der Waals surface area (Å²) in [6, 6.07) is 4.02. The van der Waals surface area contributed by atoms with E-state index in [1.165, 1.54) is 0 Å². The summed E-state index contributed by atoms with van der Waals surface area (Å²) >= 11 is 4.51. The minimum Gasteiger partial charge on any atom is -0.293 e. The van der Waals surface area contributed by atoms with Gasteiger partial charge in [-0.05, 0) is 64.2 Å². The van der Waals surface area contributed by atoms with Crippen LogP contribution in [0.25, 0.3) is 5.69 Å². The van der Waals surface area contributed by atoms with Crippen LogP contribution < -0.4 is 0 Å². The lowest BCUT2D eigenvalue weighted by Gasteiger charge is -2.03. The zero-order valence-corrected chi connectivity index (χ0v) is 11.7. The first-order chi connectivity index (χ1) is 6.68. The lowest BCUT2D eigenvalue weighted by Crippen LogP contribution is -1.96. The van der Waals surface area contributed by atoms with Gasteiger partial charge in [-0.25, -0.2) is 4.98 Å². The van der Waals surface area contributed by atoms with Crippen molar-refractivity contribution in [1.29, 1.82) is 0 Å². The van der Waals surface area contributed by atoms with Gasteiger partial charge in [0.1, 0.15) is 13.7 Å². The van der Waals surface area contributed by atoms with Crippen molar-refractivity contribution in [1.82, 2.24) is 14.5 Å². The Labute approximate surface area is 109 Å². The summed E-state index contributed by atoms with van der Waals surface area (Å²) in [6.07, 6.45) is 3.64. The number of halogens is 2. The smallest absolute Gasteiger partial charge is 0.133 e. The van der Waals surface area contributed by atoms with Gasteiger partial charge in [-0.15, -0.1) is 0 Å². The maximum atomic E-state index is 4.24. The molecule has 0 bridgehead atoms. The molecule has 0 aliphatic rings. The number of imidazole rings is 1. The van der Waals surface area contributed by atoms with E-state index in [0.29, 0.717) is 0 Å². The van der Waals surface area contributed by atoms with Crippen LogP contribution in [0.15, 0.2) is 24.7 Å². The molecule has 2 aromatic rings. The molecule has 0 unspecified atom stereocenters. The van der Waals surface area contributed by atoms with E-state index in [0.717, 1.165) is 18.8 Å². The molecule has 0 radical (unpaired) electrons. The van der Waals surface area contributed by atoms with Gasteiger partial charge in [0.15, 0.2) is 0 Å². The largest absolute Gasteiger partial charge is 0.293 e. The highest BCUT2D eigenvalue weighted by atomic mass is 127. The van der Waals surface area contributed by atoms with Crippen LogP contribution in [0.2, 0.25) is 0 Å². The van der Waals surface area contributed by atoms with Crippen LogP contribution in [0.3, 0.4) is 0 Å². The Morgan fingerprint density at radius 3 is 2.64 bits per heavy atom. The van der Waals surface area contributed by atoms with E-state index in [1.807, 2.05) is 31.6 Å². The predicted molar refractivity (Wildman–Crippen MR) is 71.5 cm³/mol. The minimum atomic E-state index is 1.02. The predicted octanol–water partition coefficient (Wildman–Crippen LogP) is 2.78. The van der Waals surface area contributed by atoms with E-state index in [1.54, 1.807) is 0 Å². The first kappa shape index (κ1) is 10.3. The Bertz CT molecular complexity index is 465. The van der Waals surface area contributed by atoms with E-state index in [9.17, 15) is 0 Å². The molecule has 0 atom stereocenters. The molecule has 5 heteroatoms. The van der Waals surface area contributed by atoms with Gasteiger partial charge in [-0.3, -0.25) is 9.55 Å². The first-order valence-corrected chi connectivity index (χ1v) is 6.15. The number of nitrogens with zero attached hydrogens (tertiary/aromatic N) is 3. The van der Waals surface area contributed by atoms with Crippen LogP contribution in [0, 0.1) is 14.3 Å². The molecule has 0 N–H and O–H groups in total. The fourth-order valence-corrected chi connectivity index (χ4v) is 2.10. The van der Waals surface area contributed by atoms with Crippen molar-refractivity contribution in [3.63, 3.8) is 0 Å². The second-order valence-electron chi connectivity index (χ2n) is 2.85. The van der Waals surface area contributed by atoms with Gasteiger partial charge in [0.2, 0.25) is 0 Å². The minimum absolute atomic E-state index is 1.02. The SMILES string of the molecule is Cc1cc(-n2cnc(I)c2I)ccn1. The van der Waals surface area contributed by atoms with Crippen molar-refractivity contribution >= 4 is 45.2 Å². The van der Waals surface area contributed by atoms with Crippen LogP contribution in [0.5, 0.6) is 0 Å². The number of rotatable bonds is 1. The molecule has 0 amide bonds. The van der Waals surface area contributed by atoms with Gasteiger partial charge in [0.25, 0.3) is 0 Å². The molecule has 2 rings (SSSR count). The Hall–Kier alpha value is -0.180. The summed E-state index contributed by atoms with van der Waals surface area (Å²) in [5.74, 6) is 0. The van der Waals surface area contributed by atoms with Gasteiger partial charge in [-0.1, -0.05) is 0 Å². The summed E-state index contributed by atoms with van der Waals surface area (Å²) < 4.78 is 4.21. The Kier molecular flexibility index (Phi) is 3.05. The molecule has 3 nitrogen and oxygen atoms in total. The molecule has 72 valence electrons. The molecule has 0 aliphatic heterocycles. The zero-order chi connectivity index (χ0) is 10.1. The highest BCUT2D eigenvalue weighted by molar-refractivity contribution is 14.1. The van der Waals surface area contributed by atoms with Gasteiger partial charge in [0.05, 0.1) is 5.69 Å². The van der Waals surface area contributed by atoms with E-state index >= 15 is 0 Å². The van der Waals surface area contributed by atoms with Crippen LogP contribution in [-0.2, 0) is 0 Å². The van der Waals surface area contributed by atoms with Crippen LogP contribution in [-0.4, -0.2) is 14.5 Å². The van der Waals surface area contributed by atoms with E-state index in [2.05, 4.69) is 59.7 Å². The maximum absolute atomic E-state index is 4.24. The highest BCUT2D eigenvalue weighted by Gasteiger charge is 2.06. The summed E-state index contributed by atoms with van der Waals surface area (Å²) in [4.78, 5) is 8.41. The van der Waals surface area contributed by atoms with E-state index in [4.69, 9.17) is 0 Å². The molecule has 0 saturated heterocycles. The Morgan fingerprint density at radius 1 is 1.29 bits per heavy atom. The normalized spacial score (nSPS) is 10.5. The molecule has 0 aliphatic carbocycles. The van der Waals surface area contributed by atoms with Crippen molar-refractivity contribution in [2.45, 2.75) is 6.92 Å². The molecular weight excluding hydrogens is 404 g/mol. The number of aryl methyl sites for hydroxylation is 1. The van der Waals surface area contributed by atoms with Gasteiger partial charge < -0.3 is 0 Å². The summed E-state index contributed by atoms with van der Waals surface area (Å²) in [5, 5.41) is 0. The molecule has 2 heterocycles. The van der Waals surface area contributed by atoms with Crippen LogP contribution in [0.1, 0.15) is 5.69 Å². The number of pyridine rings is 1. The maximum Gasteiger partial charge on any atom is 0.133 e. The van der Waals surface area contributed by atoms with Gasteiger partial charge in [0, 0.05) is 11.9 Å². The Balaban J connectivity index is 2.55. The van der Waals surface area contributed by atoms with Crippen LogP contribution in [0.4, 0.5) is 0 Å². The van der Waals surface area contributed by atoms with Crippen molar-refractivity contribution in [3.05, 3.63) is 37.8 Å². The zero-order valence-electron chi connectivity index (χ0n) is 7.41. The number of hydrogen-bond donors (Lipinski definition) is 0. The lowest BCUT2D eigenvalue weighted by molar-refractivity contribution is 1.01. The molecule has 0 spiro atoms. The van der Waals surface area contributed by atoms with Crippen molar-refractivity contribution in [2.75, 3.05) is 0 Å². The summed E-state index contributed by atoms with van der Waals surface area (Å²) in [7, 11) is 0. The average molecular weight is 411 g/mol. The molecule has 0 saturated carbocycles. The van der Waals surface area contributed by atoms with Gasteiger partial charge >= 0.3 is 0 Å². The average Bonchev–Trinajstić information content (AvgIpc) is 2.48. The fourth-order valence-electron chi connectivity index (χ4n) is 1.17. The van der Waals surface area contributed by atoms with E-state index in [-0.39, 0.29) is 0 Å². The molecule has 14 heavy (non-hydrogen) atoms. The van der Waals surface area contributed by atoms with Crippen molar-refractivity contribution in [3.8, 4) is 5.69 Å². The number of hydrogen-bond acceptors (Lipinski definition) is 2. The molecular formula is C9H7I2N3. The fraction of sp³-hybridized carbons (Fsp3) is 0.111. The third-order valence-electron chi connectivity index (χ3n) is 1.83. The Morgan fingerprint density at radius 2 is 2.07 bits per heavy atom. The number of aromatic nitrogens is 3. The van der Waals surface area contributed by atoms with Crippen LogP contribution >= 0.6 is 45.2 Å². The summed E-state index contributed by atoms with van der Waals surface area (Å²) in [5.41, 5.74) is 2.12. The standard InChI is InChI=1S/C9H7I2N3/c1-6-4-7(2-3-12-6)14-5-13-8(10)9(14)11/h2-5H,1H3. The first-order valence-electron chi connectivity index (χ1n) is 4.00. The third-order valence-corrected chi connectivity index (χ3v) is 4.68. The highest BCUT2D eigenvalue weighted by Crippen LogP contribution is 2.18. The van der Waals surface area contributed by atoms with E-state index < -0.39 is 0 Å². The lowest BCUT2D eigenvalue weighted by atomic mass is 10.3. The molecule has 0 aromatic carbocycles. The van der Waals surface area contributed by atoms with Gasteiger partial charge in [-0.2, -0.15) is 0 Å². The molecule has 2 aromatic heterocycles. The second kappa shape index (κ2) is 4.13. The second-order valence-corrected chi connectivity index (χ2v) is 4.90.